The molecule has 0 spiro atoms. The van der Waals surface area contributed by atoms with Crippen LogP contribution in [0.3, 0.4) is 0 Å². The Morgan fingerprint density at radius 2 is 1.33 bits per heavy atom. The molecule has 0 aromatic heterocycles. The van der Waals surface area contributed by atoms with Gasteiger partial charge in [-0.15, -0.1) is 0 Å². The zero-order valence-corrected chi connectivity index (χ0v) is 19.3. The fraction of sp³-hybridized carbons (Fsp3) is 0.684. The van der Waals surface area contributed by atoms with Gasteiger partial charge < -0.3 is 13.8 Å². The maximum Gasteiger partial charge on any atom is 0.331 e. The Morgan fingerprint density at radius 3 is 1.71 bits per heavy atom. The smallest absolute Gasteiger partial charge is 0.331 e. The molecule has 1 rings (SSSR count). The molecule has 0 saturated carbocycles. The van der Waals surface area contributed by atoms with Crippen LogP contribution in [0.15, 0.2) is 30.3 Å². The molecule has 0 atom stereocenters. The van der Waals surface area contributed by atoms with E-state index >= 15 is 0 Å². The van der Waals surface area contributed by atoms with Gasteiger partial charge in [-0.3, -0.25) is 0 Å². The minimum absolute atomic E-state index is 0.405. The Bertz CT molecular complexity index is 434. The van der Waals surface area contributed by atoms with E-state index in [0.29, 0.717) is 5.04 Å². The first kappa shape index (κ1) is 23.5. The lowest BCUT2D eigenvalue weighted by atomic mass is 10.2. The quantitative estimate of drug-likeness (QED) is 0.640. The molecule has 0 radical (unpaired) electrons. The summed E-state index contributed by atoms with van der Waals surface area (Å²) in [5.74, 6) is 0. The molecule has 3 nitrogen and oxygen atoms in total. The molecule has 1 aromatic carbocycles. The second-order valence-corrected chi connectivity index (χ2v) is 16.5. The summed E-state index contributed by atoms with van der Waals surface area (Å²) in [6.07, 6.45) is 0. The van der Waals surface area contributed by atoms with E-state index in [0.717, 1.165) is 19.8 Å². The van der Waals surface area contributed by atoms with Gasteiger partial charge in [-0.2, -0.15) is 0 Å². The summed E-state index contributed by atoms with van der Waals surface area (Å²) in [6.45, 7) is 22.4. The molecule has 0 aliphatic rings. The van der Waals surface area contributed by atoms with Gasteiger partial charge in [0, 0.05) is 19.8 Å². The van der Waals surface area contributed by atoms with Gasteiger partial charge in [0.1, 0.15) is 8.24 Å². The van der Waals surface area contributed by atoms with E-state index in [9.17, 15) is 0 Å². The highest BCUT2D eigenvalue weighted by Crippen LogP contribution is 2.33. The van der Waals surface area contributed by atoms with E-state index in [1.807, 2.05) is 13.8 Å². The molecule has 5 heteroatoms. The highest BCUT2D eigenvalue weighted by atomic mass is 28.4. The van der Waals surface area contributed by atoms with Crippen molar-refractivity contribution in [3.8, 4) is 0 Å². The predicted molar refractivity (Wildman–Crippen MR) is 111 cm³/mol. The third kappa shape index (κ3) is 9.74. The minimum Gasteiger partial charge on any atom is -0.395 e. The van der Waals surface area contributed by atoms with E-state index in [-0.39, 0.29) is 0 Å². The fourth-order valence-corrected chi connectivity index (χ4v) is 4.57. The lowest BCUT2D eigenvalue weighted by Crippen LogP contribution is -2.51. The number of hydrogen-bond acceptors (Lipinski definition) is 3. The largest absolute Gasteiger partial charge is 0.395 e. The molecule has 0 aliphatic heterocycles. The van der Waals surface area contributed by atoms with E-state index in [1.165, 1.54) is 5.56 Å². The van der Waals surface area contributed by atoms with Crippen molar-refractivity contribution in [1.29, 1.82) is 0 Å². The van der Waals surface area contributed by atoms with Crippen LogP contribution in [-0.2, 0) is 15.4 Å². The molecule has 0 fully saturated rings. The summed E-state index contributed by atoms with van der Waals surface area (Å²) < 4.78 is 10.8. The van der Waals surface area contributed by atoms with Crippen molar-refractivity contribution >= 4 is 16.8 Å². The van der Waals surface area contributed by atoms with Gasteiger partial charge in [-0.25, -0.2) is 0 Å². The molecule has 24 heavy (non-hydrogen) atoms. The van der Waals surface area contributed by atoms with Crippen LogP contribution in [0, 0.1) is 0 Å². The molecular weight excluding hydrogens is 330 g/mol. The van der Waals surface area contributed by atoms with Crippen molar-refractivity contribution in [1.82, 2.24) is 4.98 Å². The van der Waals surface area contributed by atoms with Crippen LogP contribution in [0.4, 0.5) is 0 Å². The van der Waals surface area contributed by atoms with Crippen LogP contribution in [0.1, 0.15) is 40.2 Å². The van der Waals surface area contributed by atoms with Gasteiger partial charge >= 0.3 is 8.56 Å². The first-order valence-electron chi connectivity index (χ1n) is 9.02. The maximum absolute atomic E-state index is 5.39. The highest BCUT2D eigenvalue weighted by Gasteiger charge is 2.34. The highest BCUT2D eigenvalue weighted by molar-refractivity contribution is 6.77. The molecule has 0 bridgehead atoms. The van der Waals surface area contributed by atoms with Crippen LogP contribution in [0.5, 0.6) is 0 Å². The number of benzene rings is 1. The molecule has 1 N–H and O–H groups in total. The van der Waals surface area contributed by atoms with Crippen molar-refractivity contribution in [2.24, 2.45) is 0 Å². The standard InChI is InChI=1S/C13H23NSi.C6H16O2Si/c1-13(2,3)15(4,5)14-11-12-9-7-6-8-10-12;1-5-7-9(3,4)8-6-2/h6-10,14H,11H2,1-5H3;5-6H2,1-4H3. The Balaban J connectivity index is 0.000000506. The lowest BCUT2D eigenvalue weighted by Gasteiger charge is -2.37. The monoisotopic (exact) mass is 369 g/mol. The molecule has 0 aliphatic carbocycles. The lowest BCUT2D eigenvalue weighted by molar-refractivity contribution is 0.196. The van der Waals surface area contributed by atoms with Crippen LogP contribution >= 0.6 is 0 Å². The van der Waals surface area contributed by atoms with Gasteiger partial charge in [0.05, 0.1) is 0 Å². The van der Waals surface area contributed by atoms with Crippen molar-refractivity contribution in [3.05, 3.63) is 35.9 Å². The van der Waals surface area contributed by atoms with Gasteiger partial charge in [0.2, 0.25) is 0 Å². The van der Waals surface area contributed by atoms with Crippen LogP contribution < -0.4 is 4.98 Å². The zero-order valence-electron chi connectivity index (χ0n) is 17.3. The summed E-state index contributed by atoms with van der Waals surface area (Å²) in [6, 6.07) is 10.6. The zero-order chi connectivity index (χ0) is 18.9. The molecule has 140 valence electrons. The third-order valence-corrected chi connectivity index (χ3v) is 11.2. The second kappa shape index (κ2) is 10.5. The topological polar surface area (TPSA) is 30.5 Å². The third-order valence-electron chi connectivity index (χ3n) is 4.44. The van der Waals surface area contributed by atoms with Crippen LogP contribution in [0.2, 0.25) is 31.2 Å². The van der Waals surface area contributed by atoms with Gasteiger partial charge in [-0.1, -0.05) is 64.2 Å². The fourth-order valence-electron chi connectivity index (χ4n) is 1.92. The van der Waals surface area contributed by atoms with Crippen molar-refractivity contribution < 1.29 is 8.85 Å². The summed E-state index contributed by atoms with van der Waals surface area (Å²) in [5, 5.41) is 0.405. The van der Waals surface area contributed by atoms with E-state index in [2.05, 4.69) is 82.3 Å². The molecule has 0 saturated heterocycles. The SMILES string of the molecule is CC(C)(C)[Si](C)(C)NCc1ccccc1.CCO[Si](C)(C)OCC. The average molecular weight is 370 g/mol. The van der Waals surface area contributed by atoms with Crippen LogP contribution in [0.25, 0.3) is 0 Å². The molecule has 0 unspecified atom stereocenters. The first-order chi connectivity index (χ1) is 10.9. The first-order valence-corrected chi connectivity index (χ1v) is 14.8. The minimum atomic E-state index is -1.70. The van der Waals surface area contributed by atoms with Gasteiger partial charge in [0.25, 0.3) is 0 Å². The summed E-state index contributed by atoms with van der Waals surface area (Å²) >= 11 is 0. The summed E-state index contributed by atoms with van der Waals surface area (Å²) in [7, 11) is -3.04. The maximum atomic E-state index is 5.39. The summed E-state index contributed by atoms with van der Waals surface area (Å²) in [4.78, 5) is 3.75. The Kier molecular flexibility index (Phi) is 10.3. The normalized spacial score (nSPS) is 12.5. The van der Waals surface area contributed by atoms with Crippen molar-refractivity contribution in [2.75, 3.05) is 13.2 Å². The Labute approximate surface area is 152 Å². The second-order valence-electron chi connectivity index (χ2n) is 7.98. The predicted octanol–water partition coefficient (Wildman–Crippen LogP) is 5.54. The van der Waals surface area contributed by atoms with Crippen molar-refractivity contribution in [2.45, 2.75) is 72.4 Å². The van der Waals surface area contributed by atoms with Gasteiger partial charge in [0.15, 0.2) is 0 Å². The number of hydrogen-bond donors (Lipinski definition) is 1. The molecule has 1 aromatic rings. The number of rotatable bonds is 7. The van der Waals surface area contributed by atoms with Gasteiger partial charge in [-0.05, 0) is 37.5 Å². The molecular formula is C19H39NO2Si2. The van der Waals surface area contributed by atoms with E-state index < -0.39 is 16.8 Å². The van der Waals surface area contributed by atoms with E-state index in [4.69, 9.17) is 8.85 Å². The molecule has 0 amide bonds. The number of nitrogens with one attached hydrogen (secondary N) is 1. The summed E-state index contributed by atoms with van der Waals surface area (Å²) in [5.41, 5.74) is 1.38. The van der Waals surface area contributed by atoms with E-state index in [1.54, 1.807) is 0 Å². The van der Waals surface area contributed by atoms with Crippen molar-refractivity contribution in [3.63, 3.8) is 0 Å². The Hall–Kier alpha value is -0.466. The van der Waals surface area contributed by atoms with Crippen LogP contribution in [-0.4, -0.2) is 30.0 Å². The average Bonchev–Trinajstić information content (AvgIpc) is 2.45. The Morgan fingerprint density at radius 1 is 0.875 bits per heavy atom. The molecule has 0 heterocycles.